The molecule has 1 unspecified atom stereocenters. The van der Waals surface area contributed by atoms with E-state index in [4.69, 9.17) is 10.5 Å². The number of nitrogens with one attached hydrogen (secondary N) is 2. The molecule has 120 valence electrons. The highest BCUT2D eigenvalue weighted by atomic mass is 16.6. The van der Waals surface area contributed by atoms with Gasteiger partial charge in [-0.3, -0.25) is 9.59 Å². The van der Waals surface area contributed by atoms with Crippen LogP contribution in [0.15, 0.2) is 24.3 Å². The fraction of sp³-hybridized carbons (Fsp3) is 0.400. The maximum Gasteiger partial charge on any atom is 0.408 e. The molecule has 0 heterocycles. The number of hydrogen-bond acceptors (Lipinski definition) is 4. The fourth-order valence-corrected chi connectivity index (χ4v) is 1.60. The summed E-state index contributed by atoms with van der Waals surface area (Å²) in [4.78, 5) is 35.0. The summed E-state index contributed by atoms with van der Waals surface area (Å²) in [6, 6.07) is 5.52. The summed E-state index contributed by atoms with van der Waals surface area (Å²) in [6.45, 7) is 6.67. The van der Waals surface area contributed by atoms with Crippen molar-refractivity contribution >= 4 is 23.6 Å². The maximum absolute atomic E-state index is 12.1. The molecule has 0 aromatic heterocycles. The molecule has 0 fully saturated rings. The minimum absolute atomic E-state index is 0.195. The molecule has 0 saturated heterocycles. The Kier molecular flexibility index (Phi) is 5.50. The number of benzene rings is 1. The highest BCUT2D eigenvalue weighted by molar-refractivity contribution is 6.04. The Bertz CT molecular complexity index is 578. The number of carbonyl (C=O) groups is 3. The summed E-state index contributed by atoms with van der Waals surface area (Å²) in [6.07, 6.45) is -0.696. The normalized spacial score (nSPS) is 12.2. The molecule has 1 aromatic carbocycles. The lowest BCUT2D eigenvalue weighted by Gasteiger charge is -2.21. The number of carbonyl (C=O) groups excluding carboxylic acids is 3. The second kappa shape index (κ2) is 6.93. The van der Waals surface area contributed by atoms with Crippen LogP contribution in [0.3, 0.4) is 0 Å². The molecule has 7 heteroatoms. The van der Waals surface area contributed by atoms with Crippen molar-refractivity contribution in [1.29, 1.82) is 0 Å². The van der Waals surface area contributed by atoms with E-state index in [0.717, 1.165) is 0 Å². The Morgan fingerprint density at radius 1 is 1.18 bits per heavy atom. The molecule has 0 aliphatic heterocycles. The zero-order chi connectivity index (χ0) is 16.9. The van der Waals surface area contributed by atoms with E-state index in [1.54, 1.807) is 39.0 Å². The van der Waals surface area contributed by atoms with Gasteiger partial charge in [-0.25, -0.2) is 4.79 Å². The topological polar surface area (TPSA) is 111 Å². The van der Waals surface area contributed by atoms with E-state index in [0.29, 0.717) is 0 Å². The smallest absolute Gasteiger partial charge is 0.408 e. The number of alkyl carbamates (subject to hydrolysis) is 1. The van der Waals surface area contributed by atoms with Gasteiger partial charge in [-0.1, -0.05) is 12.1 Å². The minimum atomic E-state index is -0.837. The predicted octanol–water partition coefficient (Wildman–Crippen LogP) is 1.64. The molecule has 0 spiro atoms. The summed E-state index contributed by atoms with van der Waals surface area (Å²) in [7, 11) is 0. The lowest BCUT2D eigenvalue weighted by molar-refractivity contribution is -0.117. The van der Waals surface area contributed by atoms with Crippen LogP contribution in [0.5, 0.6) is 0 Å². The highest BCUT2D eigenvalue weighted by Crippen LogP contribution is 2.14. The molecule has 0 radical (unpaired) electrons. The van der Waals surface area contributed by atoms with Crippen molar-refractivity contribution in [3.63, 3.8) is 0 Å². The fourth-order valence-electron chi connectivity index (χ4n) is 1.60. The van der Waals surface area contributed by atoms with Gasteiger partial charge in [-0.2, -0.15) is 0 Å². The van der Waals surface area contributed by atoms with Crippen LogP contribution in [-0.2, 0) is 9.53 Å². The highest BCUT2D eigenvalue weighted by Gasteiger charge is 2.21. The van der Waals surface area contributed by atoms with Crippen molar-refractivity contribution < 1.29 is 19.1 Å². The van der Waals surface area contributed by atoms with Crippen molar-refractivity contribution in [2.45, 2.75) is 39.3 Å². The lowest BCUT2D eigenvalue weighted by Crippen LogP contribution is -2.44. The summed E-state index contributed by atoms with van der Waals surface area (Å²) in [5.41, 5.74) is 5.07. The standard InChI is InChI=1S/C15H21N3O4/c1-9(17-14(21)22-15(2,3)4)13(20)18-11-8-6-5-7-10(11)12(16)19/h5-9H,1-4H3,(H2,16,19)(H,17,21)(H,18,20). The number of anilines is 1. The molecular formula is C15H21N3O4. The molecule has 22 heavy (non-hydrogen) atoms. The van der Waals surface area contributed by atoms with Gasteiger partial charge in [0.05, 0.1) is 11.3 Å². The number of ether oxygens (including phenoxy) is 1. The quantitative estimate of drug-likeness (QED) is 0.785. The average Bonchev–Trinajstić information content (AvgIpc) is 2.36. The predicted molar refractivity (Wildman–Crippen MR) is 82.4 cm³/mol. The van der Waals surface area contributed by atoms with E-state index < -0.39 is 29.6 Å². The van der Waals surface area contributed by atoms with Crippen LogP contribution < -0.4 is 16.4 Å². The van der Waals surface area contributed by atoms with E-state index in [-0.39, 0.29) is 11.3 Å². The van der Waals surface area contributed by atoms with Crippen LogP contribution in [0.2, 0.25) is 0 Å². The minimum Gasteiger partial charge on any atom is -0.444 e. The van der Waals surface area contributed by atoms with Gasteiger partial charge in [0.25, 0.3) is 5.91 Å². The molecule has 1 atom stereocenters. The third-order valence-corrected chi connectivity index (χ3v) is 2.58. The summed E-state index contributed by atoms with van der Waals surface area (Å²) >= 11 is 0. The number of amides is 3. The zero-order valence-corrected chi connectivity index (χ0v) is 13.1. The molecule has 0 saturated carbocycles. The Balaban J connectivity index is 2.69. The Morgan fingerprint density at radius 2 is 1.77 bits per heavy atom. The summed E-state index contributed by atoms with van der Waals surface area (Å²) in [5.74, 6) is -1.14. The van der Waals surface area contributed by atoms with E-state index in [2.05, 4.69) is 10.6 Å². The maximum atomic E-state index is 12.1. The molecule has 1 rings (SSSR count). The third kappa shape index (κ3) is 5.43. The van der Waals surface area contributed by atoms with Crippen LogP contribution in [-0.4, -0.2) is 29.6 Å². The molecule has 4 N–H and O–H groups in total. The molecule has 3 amide bonds. The third-order valence-electron chi connectivity index (χ3n) is 2.58. The van der Waals surface area contributed by atoms with Gasteiger partial charge in [-0.15, -0.1) is 0 Å². The van der Waals surface area contributed by atoms with Crippen molar-refractivity contribution in [2.24, 2.45) is 5.73 Å². The zero-order valence-electron chi connectivity index (χ0n) is 13.1. The molecule has 1 aromatic rings. The van der Waals surface area contributed by atoms with Crippen molar-refractivity contribution in [1.82, 2.24) is 5.32 Å². The number of hydrogen-bond donors (Lipinski definition) is 3. The van der Waals surface area contributed by atoms with Gasteiger partial charge < -0.3 is 21.1 Å². The second-order valence-electron chi connectivity index (χ2n) is 5.77. The number of nitrogens with two attached hydrogens (primary N) is 1. The average molecular weight is 307 g/mol. The van der Waals surface area contributed by atoms with Crippen molar-refractivity contribution in [2.75, 3.05) is 5.32 Å². The second-order valence-corrected chi connectivity index (χ2v) is 5.77. The molecule has 0 aliphatic rings. The van der Waals surface area contributed by atoms with Gasteiger partial charge in [0.1, 0.15) is 11.6 Å². The largest absolute Gasteiger partial charge is 0.444 e. The molecular weight excluding hydrogens is 286 g/mol. The van der Waals surface area contributed by atoms with E-state index in [1.807, 2.05) is 0 Å². The first-order valence-corrected chi connectivity index (χ1v) is 6.79. The molecule has 0 bridgehead atoms. The van der Waals surface area contributed by atoms with Gasteiger partial charge in [-0.05, 0) is 39.8 Å². The van der Waals surface area contributed by atoms with Crippen LogP contribution in [0.25, 0.3) is 0 Å². The van der Waals surface area contributed by atoms with Crippen molar-refractivity contribution in [3.8, 4) is 0 Å². The van der Waals surface area contributed by atoms with Crippen LogP contribution >= 0.6 is 0 Å². The first-order valence-electron chi connectivity index (χ1n) is 6.79. The molecule has 0 aliphatic carbocycles. The van der Waals surface area contributed by atoms with Crippen LogP contribution in [0, 0.1) is 0 Å². The van der Waals surface area contributed by atoms with Crippen LogP contribution in [0.1, 0.15) is 38.1 Å². The van der Waals surface area contributed by atoms with E-state index in [9.17, 15) is 14.4 Å². The number of rotatable bonds is 4. The summed E-state index contributed by atoms with van der Waals surface area (Å²) in [5, 5.41) is 4.97. The molecule has 7 nitrogen and oxygen atoms in total. The first kappa shape index (κ1) is 17.5. The number of primary amides is 1. The summed E-state index contributed by atoms with van der Waals surface area (Å²) < 4.78 is 5.07. The van der Waals surface area contributed by atoms with Crippen LogP contribution in [0.4, 0.5) is 10.5 Å². The number of para-hydroxylation sites is 1. The lowest BCUT2D eigenvalue weighted by atomic mass is 10.1. The Morgan fingerprint density at radius 3 is 2.32 bits per heavy atom. The first-order chi connectivity index (χ1) is 10.1. The Hall–Kier alpha value is -2.57. The van der Waals surface area contributed by atoms with Gasteiger partial charge in [0.2, 0.25) is 5.91 Å². The van der Waals surface area contributed by atoms with Gasteiger partial charge in [0, 0.05) is 0 Å². The van der Waals surface area contributed by atoms with E-state index in [1.165, 1.54) is 13.0 Å². The van der Waals surface area contributed by atoms with Gasteiger partial charge in [0.15, 0.2) is 0 Å². The monoisotopic (exact) mass is 307 g/mol. The SMILES string of the molecule is CC(NC(=O)OC(C)(C)C)C(=O)Nc1ccccc1C(N)=O. The Labute approximate surface area is 129 Å². The van der Waals surface area contributed by atoms with Gasteiger partial charge >= 0.3 is 6.09 Å². The van der Waals surface area contributed by atoms with E-state index >= 15 is 0 Å². The van der Waals surface area contributed by atoms with Crippen molar-refractivity contribution in [3.05, 3.63) is 29.8 Å².